The van der Waals surface area contributed by atoms with E-state index in [1.165, 1.54) is 31.0 Å². The summed E-state index contributed by atoms with van der Waals surface area (Å²) in [5.74, 6) is 0.0557. The molecule has 0 spiro atoms. The second kappa shape index (κ2) is 10.7. The number of nitrogens with one attached hydrogen (secondary N) is 1. The van der Waals surface area contributed by atoms with Crippen molar-refractivity contribution in [1.29, 1.82) is 0 Å². The van der Waals surface area contributed by atoms with Crippen molar-refractivity contribution in [3.63, 3.8) is 0 Å². The van der Waals surface area contributed by atoms with E-state index in [0.717, 1.165) is 36.7 Å². The fourth-order valence-electron chi connectivity index (χ4n) is 3.74. The average Bonchev–Trinajstić information content (AvgIpc) is 3.50. The van der Waals surface area contributed by atoms with Gasteiger partial charge in [0.2, 0.25) is 11.1 Å². The van der Waals surface area contributed by atoms with Crippen LogP contribution in [-0.4, -0.2) is 66.5 Å². The van der Waals surface area contributed by atoms with Crippen LogP contribution in [0.25, 0.3) is 0 Å². The summed E-state index contributed by atoms with van der Waals surface area (Å²) in [6.07, 6.45) is 8.12. The highest BCUT2D eigenvalue weighted by Crippen LogP contribution is 2.34. The van der Waals surface area contributed by atoms with Crippen molar-refractivity contribution in [2.24, 2.45) is 0 Å². The van der Waals surface area contributed by atoms with Gasteiger partial charge < -0.3 is 4.90 Å². The molecule has 2 heterocycles. The number of nitro benzene ring substituents is 1. The van der Waals surface area contributed by atoms with E-state index in [1.54, 1.807) is 17.1 Å². The quantitative estimate of drug-likeness (QED) is 0.356. The van der Waals surface area contributed by atoms with Crippen molar-refractivity contribution in [1.82, 2.24) is 35.1 Å². The molecule has 178 valence electrons. The van der Waals surface area contributed by atoms with E-state index < -0.39 is 10.8 Å². The second-order valence-electron chi connectivity index (χ2n) is 8.30. The number of amides is 1. The topological polar surface area (TPSA) is 145 Å². The first-order valence-corrected chi connectivity index (χ1v) is 11.7. The van der Waals surface area contributed by atoms with E-state index in [1.807, 2.05) is 19.0 Å². The zero-order chi connectivity index (χ0) is 24.1. The van der Waals surface area contributed by atoms with Gasteiger partial charge in [0.15, 0.2) is 0 Å². The van der Waals surface area contributed by atoms with Crippen LogP contribution in [0.5, 0.6) is 0 Å². The summed E-state index contributed by atoms with van der Waals surface area (Å²) in [6.45, 7) is 1.28. The molecule has 13 heteroatoms. The van der Waals surface area contributed by atoms with Crippen molar-refractivity contribution < 1.29 is 9.72 Å². The van der Waals surface area contributed by atoms with Crippen LogP contribution in [0.4, 0.5) is 11.6 Å². The molecular formula is C21H25N9O3S. The molecule has 1 aliphatic carbocycles. The molecule has 1 saturated carbocycles. The number of carbonyl (C=O) groups excluding carboxylic acids is 1. The summed E-state index contributed by atoms with van der Waals surface area (Å²) in [6, 6.07) is 4.10. The molecule has 0 radical (unpaired) electrons. The Morgan fingerprint density at radius 3 is 2.68 bits per heavy atom. The van der Waals surface area contributed by atoms with Crippen LogP contribution in [0.1, 0.15) is 47.5 Å². The first kappa shape index (κ1) is 23.7. The molecule has 2 aromatic heterocycles. The molecule has 4 rings (SSSR count). The Morgan fingerprint density at radius 1 is 1.26 bits per heavy atom. The highest BCUT2D eigenvalue weighted by atomic mass is 32.2. The monoisotopic (exact) mass is 483 g/mol. The van der Waals surface area contributed by atoms with Crippen molar-refractivity contribution in [3.8, 4) is 0 Å². The average molecular weight is 484 g/mol. The van der Waals surface area contributed by atoms with Crippen LogP contribution in [0.3, 0.4) is 0 Å². The van der Waals surface area contributed by atoms with Gasteiger partial charge in [0.25, 0.3) is 11.6 Å². The maximum absolute atomic E-state index is 13.1. The Kier molecular flexibility index (Phi) is 7.43. The van der Waals surface area contributed by atoms with Gasteiger partial charge in [0, 0.05) is 36.0 Å². The fraction of sp³-hybridized carbons (Fsp3) is 0.429. The molecule has 0 aliphatic heterocycles. The number of nitro groups is 1. The smallest absolute Gasteiger partial charge is 0.270 e. The number of rotatable bonds is 9. The molecule has 0 atom stereocenters. The van der Waals surface area contributed by atoms with Crippen molar-refractivity contribution in [2.45, 2.75) is 48.2 Å². The van der Waals surface area contributed by atoms with Gasteiger partial charge in [-0.15, -0.1) is 5.10 Å². The van der Waals surface area contributed by atoms with E-state index in [0.29, 0.717) is 22.5 Å². The van der Waals surface area contributed by atoms with Crippen LogP contribution >= 0.6 is 11.8 Å². The molecule has 1 aliphatic rings. The first-order valence-electron chi connectivity index (χ1n) is 10.9. The van der Waals surface area contributed by atoms with Gasteiger partial charge >= 0.3 is 0 Å². The number of tetrazole rings is 1. The van der Waals surface area contributed by atoms with E-state index in [-0.39, 0.29) is 17.2 Å². The van der Waals surface area contributed by atoms with Crippen LogP contribution < -0.4 is 5.32 Å². The lowest BCUT2D eigenvalue weighted by Gasteiger charge is -2.12. The molecule has 0 saturated heterocycles. The molecule has 1 aromatic carbocycles. The number of anilines is 1. The van der Waals surface area contributed by atoms with E-state index in [2.05, 4.69) is 30.8 Å². The minimum atomic E-state index is -0.549. The van der Waals surface area contributed by atoms with Gasteiger partial charge in [-0.05, 0) is 66.7 Å². The largest absolute Gasteiger partial charge is 0.308 e. The summed E-state index contributed by atoms with van der Waals surface area (Å²) >= 11 is 1.16. The Hall–Kier alpha value is -3.45. The van der Waals surface area contributed by atoms with E-state index in [9.17, 15) is 14.9 Å². The van der Waals surface area contributed by atoms with Crippen molar-refractivity contribution in [2.75, 3.05) is 26.0 Å². The number of hydrogen-bond donors (Lipinski definition) is 1. The summed E-state index contributed by atoms with van der Waals surface area (Å²) in [7, 11) is 3.89. The Labute approximate surface area is 200 Å². The van der Waals surface area contributed by atoms with Crippen molar-refractivity contribution in [3.05, 3.63) is 51.8 Å². The number of aromatic nitrogens is 6. The maximum atomic E-state index is 13.1. The van der Waals surface area contributed by atoms with Gasteiger partial charge in [-0.2, -0.15) is 0 Å². The zero-order valence-corrected chi connectivity index (χ0v) is 19.7. The standard InChI is InChI=1S/C21H25N9O3S/c1-28(2)9-10-29-21(25-26-27-29)34-18-8-7-16(30(32)33)11-17(18)19(31)24-20-22-12-15(13-23-20)14-5-3-4-6-14/h7-8,11-14H,3-6,9-10H2,1-2H3,(H,22,23,24,31). The van der Waals surface area contributed by atoms with Gasteiger partial charge in [-0.3, -0.25) is 20.2 Å². The predicted molar refractivity (Wildman–Crippen MR) is 125 cm³/mol. The molecule has 12 nitrogen and oxygen atoms in total. The first-order chi connectivity index (χ1) is 16.4. The lowest BCUT2D eigenvalue weighted by atomic mass is 10.0. The fourth-order valence-corrected chi connectivity index (χ4v) is 4.65. The minimum absolute atomic E-state index is 0.116. The molecular weight excluding hydrogens is 458 g/mol. The molecule has 1 fully saturated rings. The van der Waals surface area contributed by atoms with Crippen LogP contribution in [0.2, 0.25) is 0 Å². The number of non-ortho nitro benzene ring substituents is 1. The molecule has 1 N–H and O–H groups in total. The van der Waals surface area contributed by atoms with Crippen LogP contribution in [0, 0.1) is 10.1 Å². The van der Waals surface area contributed by atoms with Crippen molar-refractivity contribution >= 4 is 29.3 Å². The lowest BCUT2D eigenvalue weighted by Crippen LogP contribution is -2.19. The van der Waals surface area contributed by atoms with Gasteiger partial charge in [-0.25, -0.2) is 14.6 Å². The van der Waals surface area contributed by atoms with Crippen LogP contribution in [-0.2, 0) is 6.54 Å². The third-order valence-corrected chi connectivity index (χ3v) is 6.65. The van der Waals surface area contributed by atoms with Gasteiger partial charge in [0.1, 0.15) is 0 Å². The number of likely N-dealkylation sites (N-methyl/N-ethyl adjacent to an activating group) is 1. The normalized spacial score (nSPS) is 14.0. The molecule has 0 bridgehead atoms. The third kappa shape index (κ3) is 5.72. The number of hydrogen-bond acceptors (Lipinski definition) is 10. The SMILES string of the molecule is CN(C)CCn1nnnc1Sc1ccc([N+](=O)[O-])cc1C(=O)Nc1ncc(C2CCCC2)cn1. The zero-order valence-electron chi connectivity index (χ0n) is 18.9. The number of benzene rings is 1. The van der Waals surface area contributed by atoms with E-state index >= 15 is 0 Å². The second-order valence-corrected chi connectivity index (χ2v) is 9.31. The van der Waals surface area contributed by atoms with Gasteiger partial charge in [0.05, 0.1) is 17.0 Å². The lowest BCUT2D eigenvalue weighted by molar-refractivity contribution is -0.384. The van der Waals surface area contributed by atoms with Gasteiger partial charge in [-0.1, -0.05) is 12.8 Å². The Bertz CT molecular complexity index is 1160. The maximum Gasteiger partial charge on any atom is 0.270 e. The van der Waals surface area contributed by atoms with E-state index in [4.69, 9.17) is 0 Å². The summed E-state index contributed by atoms with van der Waals surface area (Å²) < 4.78 is 1.62. The number of nitrogens with zero attached hydrogens (tertiary/aromatic N) is 8. The summed E-state index contributed by atoms with van der Waals surface area (Å²) in [5, 5.41) is 26.2. The summed E-state index contributed by atoms with van der Waals surface area (Å²) in [4.78, 5) is 34.9. The molecule has 34 heavy (non-hydrogen) atoms. The Morgan fingerprint density at radius 2 is 2.00 bits per heavy atom. The van der Waals surface area contributed by atoms with Crippen LogP contribution in [0.15, 0.2) is 40.6 Å². The minimum Gasteiger partial charge on any atom is -0.308 e. The molecule has 3 aromatic rings. The molecule has 1 amide bonds. The highest BCUT2D eigenvalue weighted by Gasteiger charge is 2.21. The molecule has 0 unspecified atom stereocenters. The number of carbonyl (C=O) groups is 1. The third-order valence-electron chi connectivity index (χ3n) is 5.60. The predicted octanol–water partition coefficient (Wildman–Crippen LogP) is 2.99. The highest BCUT2D eigenvalue weighted by molar-refractivity contribution is 7.99. The summed E-state index contributed by atoms with van der Waals surface area (Å²) in [5.41, 5.74) is 0.982. The Balaban J connectivity index is 1.55.